The standard InChI is InChI=1S/C16H21ClFN3O2/c1-2-5-19-15(22)11-20-6-8-21(9-7-20)16(23)13-4-3-12(18)10-14(13)17/h3-4,10H,2,5-9,11H2,1H3,(H,19,22). The molecule has 2 rings (SSSR count). The topological polar surface area (TPSA) is 52.7 Å². The fraction of sp³-hybridized carbons (Fsp3) is 0.500. The minimum atomic E-state index is -0.463. The van der Waals surface area contributed by atoms with Gasteiger partial charge in [0.2, 0.25) is 5.91 Å². The second-order valence-electron chi connectivity index (χ2n) is 5.54. The maximum absolute atomic E-state index is 13.1. The third kappa shape index (κ3) is 4.91. The number of carbonyl (C=O) groups is 2. The molecule has 1 aromatic carbocycles. The fourth-order valence-electron chi connectivity index (χ4n) is 2.47. The minimum Gasteiger partial charge on any atom is -0.355 e. The Balaban J connectivity index is 1.86. The summed E-state index contributed by atoms with van der Waals surface area (Å²) in [6, 6.07) is 3.78. The number of rotatable bonds is 5. The average molecular weight is 342 g/mol. The Bertz CT molecular complexity index is 574. The van der Waals surface area contributed by atoms with Gasteiger partial charge in [-0.15, -0.1) is 0 Å². The molecule has 1 N–H and O–H groups in total. The molecule has 0 atom stereocenters. The summed E-state index contributed by atoms with van der Waals surface area (Å²) in [7, 11) is 0. The van der Waals surface area contributed by atoms with E-state index in [9.17, 15) is 14.0 Å². The third-order valence-corrected chi connectivity index (χ3v) is 4.07. The SMILES string of the molecule is CCCNC(=O)CN1CCN(C(=O)c2ccc(F)cc2Cl)CC1. The molecule has 2 amide bonds. The van der Waals surface area contributed by atoms with Crippen LogP contribution >= 0.6 is 11.6 Å². The quantitative estimate of drug-likeness (QED) is 0.888. The van der Waals surface area contributed by atoms with Crippen LogP contribution in [-0.2, 0) is 4.79 Å². The summed E-state index contributed by atoms with van der Waals surface area (Å²) >= 11 is 5.94. The molecular weight excluding hydrogens is 321 g/mol. The van der Waals surface area contributed by atoms with E-state index < -0.39 is 5.82 Å². The van der Waals surface area contributed by atoms with Crippen LogP contribution in [0.15, 0.2) is 18.2 Å². The number of hydrogen-bond donors (Lipinski definition) is 1. The molecule has 0 spiro atoms. The van der Waals surface area contributed by atoms with E-state index >= 15 is 0 Å². The van der Waals surface area contributed by atoms with E-state index in [4.69, 9.17) is 11.6 Å². The molecule has 0 aliphatic carbocycles. The van der Waals surface area contributed by atoms with Gasteiger partial charge in [-0.3, -0.25) is 14.5 Å². The van der Waals surface area contributed by atoms with Crippen LogP contribution in [0.5, 0.6) is 0 Å². The van der Waals surface area contributed by atoms with E-state index in [0.29, 0.717) is 44.8 Å². The molecule has 1 heterocycles. The molecule has 0 aromatic heterocycles. The molecule has 0 radical (unpaired) electrons. The van der Waals surface area contributed by atoms with Gasteiger partial charge in [0.25, 0.3) is 5.91 Å². The predicted molar refractivity (Wildman–Crippen MR) is 87.1 cm³/mol. The molecule has 1 aromatic rings. The van der Waals surface area contributed by atoms with Crippen molar-refractivity contribution in [2.75, 3.05) is 39.3 Å². The van der Waals surface area contributed by atoms with E-state index in [2.05, 4.69) is 5.32 Å². The van der Waals surface area contributed by atoms with Crippen LogP contribution in [0.2, 0.25) is 5.02 Å². The van der Waals surface area contributed by atoms with Crippen LogP contribution in [0, 0.1) is 5.82 Å². The lowest BCUT2D eigenvalue weighted by atomic mass is 10.1. The zero-order chi connectivity index (χ0) is 16.8. The maximum Gasteiger partial charge on any atom is 0.255 e. The van der Waals surface area contributed by atoms with Crippen molar-refractivity contribution in [1.82, 2.24) is 15.1 Å². The number of hydrogen-bond acceptors (Lipinski definition) is 3. The Labute approximate surface area is 140 Å². The monoisotopic (exact) mass is 341 g/mol. The lowest BCUT2D eigenvalue weighted by molar-refractivity contribution is -0.122. The van der Waals surface area contributed by atoms with Gasteiger partial charge >= 0.3 is 0 Å². The number of benzene rings is 1. The van der Waals surface area contributed by atoms with Crippen LogP contribution in [-0.4, -0.2) is 60.9 Å². The summed E-state index contributed by atoms with van der Waals surface area (Å²) in [5, 5.41) is 2.96. The van der Waals surface area contributed by atoms with Crippen molar-refractivity contribution in [3.05, 3.63) is 34.6 Å². The Morgan fingerprint density at radius 2 is 1.96 bits per heavy atom. The van der Waals surface area contributed by atoms with Crippen molar-refractivity contribution in [2.24, 2.45) is 0 Å². The number of piperazine rings is 1. The van der Waals surface area contributed by atoms with E-state index in [0.717, 1.165) is 12.5 Å². The molecule has 0 bridgehead atoms. The van der Waals surface area contributed by atoms with Gasteiger partial charge in [-0.25, -0.2) is 4.39 Å². The average Bonchev–Trinajstić information content (AvgIpc) is 2.53. The second kappa shape index (κ2) is 8.26. The zero-order valence-electron chi connectivity index (χ0n) is 13.1. The van der Waals surface area contributed by atoms with Crippen molar-refractivity contribution < 1.29 is 14.0 Å². The first-order chi connectivity index (χ1) is 11.0. The van der Waals surface area contributed by atoms with Crippen LogP contribution in [0.4, 0.5) is 4.39 Å². The molecule has 23 heavy (non-hydrogen) atoms. The molecule has 0 unspecified atom stereocenters. The summed E-state index contributed by atoms with van der Waals surface area (Å²) < 4.78 is 13.1. The van der Waals surface area contributed by atoms with E-state index in [1.165, 1.54) is 12.1 Å². The van der Waals surface area contributed by atoms with Gasteiger partial charge in [-0.2, -0.15) is 0 Å². The summed E-state index contributed by atoms with van der Waals surface area (Å²) in [6.45, 7) is 5.33. The highest BCUT2D eigenvalue weighted by Gasteiger charge is 2.24. The normalized spacial score (nSPS) is 15.5. The summed E-state index contributed by atoms with van der Waals surface area (Å²) in [6.07, 6.45) is 0.909. The summed E-state index contributed by atoms with van der Waals surface area (Å²) in [4.78, 5) is 27.8. The maximum atomic E-state index is 13.1. The Morgan fingerprint density at radius 3 is 2.57 bits per heavy atom. The lowest BCUT2D eigenvalue weighted by Gasteiger charge is -2.34. The van der Waals surface area contributed by atoms with Crippen molar-refractivity contribution in [2.45, 2.75) is 13.3 Å². The van der Waals surface area contributed by atoms with Crippen LogP contribution in [0.3, 0.4) is 0 Å². The van der Waals surface area contributed by atoms with E-state index in [-0.39, 0.29) is 16.8 Å². The molecule has 0 saturated carbocycles. The summed E-state index contributed by atoms with van der Waals surface area (Å²) in [5.74, 6) is -0.659. The summed E-state index contributed by atoms with van der Waals surface area (Å²) in [5.41, 5.74) is 0.308. The van der Waals surface area contributed by atoms with Crippen molar-refractivity contribution >= 4 is 23.4 Å². The first kappa shape index (κ1) is 17.7. The van der Waals surface area contributed by atoms with Gasteiger partial charge in [-0.1, -0.05) is 18.5 Å². The lowest BCUT2D eigenvalue weighted by Crippen LogP contribution is -2.51. The van der Waals surface area contributed by atoms with E-state index in [1.807, 2.05) is 11.8 Å². The molecule has 5 nitrogen and oxygen atoms in total. The minimum absolute atomic E-state index is 0.00760. The van der Waals surface area contributed by atoms with Gasteiger partial charge in [0.15, 0.2) is 0 Å². The molecule has 7 heteroatoms. The predicted octanol–water partition coefficient (Wildman–Crippen LogP) is 1.76. The van der Waals surface area contributed by atoms with Crippen molar-refractivity contribution in [1.29, 1.82) is 0 Å². The Hall–Kier alpha value is -1.66. The largest absolute Gasteiger partial charge is 0.355 e. The van der Waals surface area contributed by atoms with Crippen molar-refractivity contribution in [3.8, 4) is 0 Å². The second-order valence-corrected chi connectivity index (χ2v) is 5.95. The highest BCUT2D eigenvalue weighted by molar-refractivity contribution is 6.33. The van der Waals surface area contributed by atoms with Gasteiger partial charge in [0.05, 0.1) is 17.1 Å². The molecule has 1 saturated heterocycles. The van der Waals surface area contributed by atoms with Gasteiger partial charge in [-0.05, 0) is 24.6 Å². The molecular formula is C16H21ClFN3O2. The molecule has 1 aliphatic rings. The van der Waals surface area contributed by atoms with Crippen LogP contribution in [0.1, 0.15) is 23.7 Å². The number of halogens is 2. The number of nitrogens with one attached hydrogen (secondary N) is 1. The smallest absolute Gasteiger partial charge is 0.255 e. The van der Waals surface area contributed by atoms with Crippen LogP contribution in [0.25, 0.3) is 0 Å². The molecule has 1 fully saturated rings. The highest BCUT2D eigenvalue weighted by Crippen LogP contribution is 2.19. The third-order valence-electron chi connectivity index (χ3n) is 3.76. The Morgan fingerprint density at radius 1 is 1.26 bits per heavy atom. The highest BCUT2D eigenvalue weighted by atomic mass is 35.5. The number of nitrogens with zero attached hydrogens (tertiary/aromatic N) is 2. The first-order valence-corrected chi connectivity index (χ1v) is 8.12. The number of carbonyl (C=O) groups excluding carboxylic acids is 2. The molecule has 126 valence electrons. The van der Waals surface area contributed by atoms with Gasteiger partial charge in [0.1, 0.15) is 5.82 Å². The van der Waals surface area contributed by atoms with Crippen LogP contribution < -0.4 is 5.32 Å². The molecule has 1 aliphatic heterocycles. The first-order valence-electron chi connectivity index (χ1n) is 7.74. The zero-order valence-corrected chi connectivity index (χ0v) is 13.9. The number of amides is 2. The van der Waals surface area contributed by atoms with Gasteiger partial charge < -0.3 is 10.2 Å². The van der Waals surface area contributed by atoms with E-state index in [1.54, 1.807) is 4.90 Å². The van der Waals surface area contributed by atoms with Gasteiger partial charge in [0, 0.05) is 32.7 Å². The fourth-order valence-corrected chi connectivity index (χ4v) is 2.71. The Kier molecular flexibility index (Phi) is 6.36. The van der Waals surface area contributed by atoms with Crippen molar-refractivity contribution in [3.63, 3.8) is 0 Å².